The molecule has 0 aliphatic heterocycles. The third-order valence-electron chi connectivity index (χ3n) is 7.24. The molecule has 0 fully saturated rings. The van der Waals surface area contributed by atoms with Crippen molar-refractivity contribution in [1.29, 1.82) is 0 Å². The van der Waals surface area contributed by atoms with E-state index in [1.165, 1.54) is 22.3 Å². The maximum absolute atomic E-state index is 13.2. The van der Waals surface area contributed by atoms with Crippen molar-refractivity contribution in [2.24, 2.45) is 0 Å². The summed E-state index contributed by atoms with van der Waals surface area (Å²) in [5.74, 6) is 1.44. The maximum Gasteiger partial charge on any atom is 0.484 e. The zero-order valence-electron chi connectivity index (χ0n) is 31.4. The summed E-state index contributed by atoms with van der Waals surface area (Å²) in [5, 5.41) is 0. The molecule has 0 saturated carbocycles. The van der Waals surface area contributed by atoms with Gasteiger partial charge in [-0.25, -0.2) is 9.13 Å². The van der Waals surface area contributed by atoms with Crippen LogP contribution in [0.3, 0.4) is 0 Å². The highest BCUT2D eigenvalue weighted by Gasteiger charge is 2.36. The minimum Gasteiger partial charge on any atom is -0.490 e. The van der Waals surface area contributed by atoms with Crippen LogP contribution in [0.5, 0.6) is 11.5 Å². The van der Waals surface area contributed by atoms with Gasteiger partial charge in [0.1, 0.15) is 24.7 Å². The number of allylic oxidation sites excluding steroid dienone is 6. The zero-order valence-corrected chi connectivity index (χ0v) is 33.2. The first-order chi connectivity index (χ1) is 24.0. The first kappa shape index (κ1) is 43.9. The molecule has 51 heavy (non-hydrogen) atoms. The maximum atomic E-state index is 13.2. The fourth-order valence-electron chi connectivity index (χ4n) is 4.49. The number of hydrogen-bond acceptors (Lipinski definition) is 7. The van der Waals surface area contributed by atoms with Gasteiger partial charge in [-0.2, -0.15) is 4.31 Å². The van der Waals surface area contributed by atoms with Crippen molar-refractivity contribution >= 4 is 27.8 Å². The molecule has 0 aliphatic rings. The predicted molar refractivity (Wildman–Crippen MR) is 209 cm³/mol. The monoisotopic (exact) mass is 742 g/mol. The van der Waals surface area contributed by atoms with Crippen molar-refractivity contribution in [1.82, 2.24) is 0 Å². The van der Waals surface area contributed by atoms with Crippen molar-refractivity contribution < 1.29 is 41.7 Å². The topological polar surface area (TPSA) is 121 Å². The van der Waals surface area contributed by atoms with Gasteiger partial charge < -0.3 is 19.3 Å². The molecule has 0 aliphatic carbocycles. The number of rotatable bonds is 22. The summed E-state index contributed by atoms with van der Waals surface area (Å²) in [4.78, 5) is 18.8. The van der Waals surface area contributed by atoms with Crippen molar-refractivity contribution in [3.8, 4) is 11.5 Å². The first-order valence-corrected chi connectivity index (χ1v) is 20.0. The predicted octanol–water partition coefficient (Wildman–Crippen LogP) is 11.6. The summed E-state index contributed by atoms with van der Waals surface area (Å²) in [6.07, 6.45) is 16.2. The highest BCUT2D eigenvalue weighted by Crippen LogP contribution is 2.61. The molecule has 0 amide bonds. The lowest BCUT2D eigenvalue weighted by atomic mass is 10.1. The molecule has 0 saturated heterocycles. The third-order valence-corrected chi connectivity index (χ3v) is 9.78. The molecule has 0 bridgehead atoms. The lowest BCUT2D eigenvalue weighted by Crippen LogP contribution is -2.03. The van der Waals surface area contributed by atoms with Gasteiger partial charge in [-0.05, 0) is 140 Å². The normalized spacial score (nSPS) is 14.2. The van der Waals surface area contributed by atoms with Crippen molar-refractivity contribution in [2.75, 3.05) is 26.4 Å². The van der Waals surface area contributed by atoms with Gasteiger partial charge in [0.25, 0.3) is 0 Å². The number of ether oxygens (including phenoxy) is 2. The van der Waals surface area contributed by atoms with Gasteiger partial charge in [0, 0.05) is 0 Å². The number of phosphoric acid groups is 2. The van der Waals surface area contributed by atoms with Gasteiger partial charge in [0.2, 0.25) is 0 Å². The summed E-state index contributed by atoms with van der Waals surface area (Å²) in [6.45, 7) is 16.5. The van der Waals surface area contributed by atoms with E-state index in [9.17, 15) is 18.9 Å². The van der Waals surface area contributed by atoms with E-state index < -0.39 is 15.6 Å². The van der Waals surface area contributed by atoms with Gasteiger partial charge in [-0.1, -0.05) is 70.9 Å². The van der Waals surface area contributed by atoms with Crippen LogP contribution in [0.2, 0.25) is 0 Å². The lowest BCUT2D eigenvalue weighted by Gasteiger charge is -2.18. The Morgan fingerprint density at radius 1 is 0.569 bits per heavy atom. The highest BCUT2D eigenvalue weighted by molar-refractivity contribution is 7.61. The molecule has 0 aromatic heterocycles. The molecule has 2 N–H and O–H groups in total. The first-order valence-electron chi connectivity index (χ1n) is 17.1. The average Bonchev–Trinajstić information content (AvgIpc) is 3.03. The molecule has 2 aromatic rings. The Morgan fingerprint density at radius 3 is 1.27 bits per heavy atom. The largest absolute Gasteiger partial charge is 0.490 e. The zero-order chi connectivity index (χ0) is 37.9. The minimum atomic E-state index is -5.20. The van der Waals surface area contributed by atoms with Crippen molar-refractivity contribution in [3.05, 3.63) is 117 Å². The lowest BCUT2D eigenvalue weighted by molar-refractivity contribution is 0.156. The Bertz CT molecular complexity index is 1540. The molecule has 0 atom stereocenters. The van der Waals surface area contributed by atoms with E-state index in [0.29, 0.717) is 24.4 Å². The molecular formula is C40H56O9P2. The molecule has 2 rings (SSSR count). The Labute approximate surface area is 305 Å². The molecule has 2 aromatic carbocycles. The fraction of sp³-hybridized carbons (Fsp3) is 0.400. The molecule has 0 heterocycles. The Morgan fingerprint density at radius 2 is 0.941 bits per heavy atom. The van der Waals surface area contributed by atoms with Gasteiger partial charge >= 0.3 is 15.6 Å². The fourth-order valence-corrected chi connectivity index (χ4v) is 6.71. The van der Waals surface area contributed by atoms with E-state index in [2.05, 4.69) is 70.2 Å². The van der Waals surface area contributed by atoms with Crippen LogP contribution in [0.15, 0.2) is 106 Å². The van der Waals surface area contributed by atoms with Crippen LogP contribution >= 0.6 is 15.6 Å². The highest BCUT2D eigenvalue weighted by atomic mass is 31.3. The number of benzene rings is 2. The van der Waals surface area contributed by atoms with Crippen LogP contribution in [0.1, 0.15) is 92.2 Å². The van der Waals surface area contributed by atoms with Crippen LogP contribution in [0.25, 0.3) is 12.2 Å². The molecule has 0 unspecified atom stereocenters. The minimum absolute atomic E-state index is 0.249. The molecular weight excluding hydrogens is 686 g/mol. The number of hydrogen-bond donors (Lipinski definition) is 2. The van der Waals surface area contributed by atoms with E-state index >= 15 is 0 Å². The molecule has 0 radical (unpaired) electrons. The number of phosphoric ester groups is 1. The van der Waals surface area contributed by atoms with Crippen LogP contribution in [0, 0.1) is 0 Å². The van der Waals surface area contributed by atoms with E-state index in [1.54, 1.807) is 26.0 Å². The van der Waals surface area contributed by atoms with Crippen molar-refractivity contribution in [3.63, 3.8) is 0 Å². The van der Waals surface area contributed by atoms with E-state index in [1.807, 2.05) is 48.5 Å². The summed E-state index contributed by atoms with van der Waals surface area (Å²) < 4.78 is 51.7. The van der Waals surface area contributed by atoms with Gasteiger partial charge in [-0.15, -0.1) is 0 Å². The summed E-state index contributed by atoms with van der Waals surface area (Å²) in [6, 6.07) is 14.9. The second-order valence-electron chi connectivity index (χ2n) is 13.0. The molecule has 11 heteroatoms. The average molecular weight is 743 g/mol. The van der Waals surface area contributed by atoms with Gasteiger partial charge in [0.15, 0.2) is 0 Å². The van der Waals surface area contributed by atoms with E-state index in [0.717, 1.165) is 48.3 Å². The van der Waals surface area contributed by atoms with Crippen LogP contribution in [-0.4, -0.2) is 36.2 Å². The third kappa shape index (κ3) is 21.0. The molecule has 280 valence electrons. The molecule has 9 nitrogen and oxygen atoms in total. The molecule has 0 spiro atoms. The Hall–Kier alpha value is -3.26. The van der Waals surface area contributed by atoms with Crippen molar-refractivity contribution in [2.45, 2.75) is 81.1 Å². The van der Waals surface area contributed by atoms with E-state index in [4.69, 9.17) is 18.5 Å². The Balaban J connectivity index is 1.92. The second kappa shape index (κ2) is 22.6. The smallest absolute Gasteiger partial charge is 0.484 e. The summed E-state index contributed by atoms with van der Waals surface area (Å²) in [7, 11) is -9.84. The summed E-state index contributed by atoms with van der Waals surface area (Å²) >= 11 is 0. The van der Waals surface area contributed by atoms with Crippen LogP contribution < -0.4 is 9.47 Å². The SMILES string of the molecule is CC(C)=CCC/C(C)=C/COc1ccc(/C=C(\C)COP(=O)(OC/C(C)=C/c2ccc(OC/C=C(\C)CCC=C(C)C)cc2)OP(=O)(O)O)cc1. The standard InChI is InChI=1S/C40H56O9P2/c1-31(2)11-9-13-33(5)23-25-45-39-19-15-37(16-20-39)27-35(7)29-47-51(44,49-50(41,42)43)48-30-36(8)28-38-17-21-40(22-18-38)46-26-24-34(6)14-10-12-32(3)4/h11-12,15-24,27-28H,9-10,13-14,25-26,29-30H2,1-8H3,(H2,41,42,43)/b33-23+,34-24+,35-27+,36-28+. The van der Waals surface area contributed by atoms with E-state index in [-0.39, 0.29) is 13.2 Å². The van der Waals surface area contributed by atoms with Gasteiger partial charge in [-0.3, -0.25) is 9.05 Å². The van der Waals surface area contributed by atoms with Crippen LogP contribution in [0.4, 0.5) is 0 Å². The Kier molecular flexibility index (Phi) is 19.5. The van der Waals surface area contributed by atoms with Gasteiger partial charge in [0.05, 0.1) is 13.2 Å². The quantitative estimate of drug-likeness (QED) is 0.0897. The second-order valence-corrected chi connectivity index (χ2v) is 16.1. The van der Waals surface area contributed by atoms with Crippen LogP contribution in [-0.2, 0) is 22.5 Å². The summed E-state index contributed by atoms with van der Waals surface area (Å²) in [5.41, 5.74) is 8.09.